The molecule has 0 amide bonds. The lowest BCUT2D eigenvalue weighted by atomic mass is 10.0. The van der Waals surface area contributed by atoms with E-state index in [1.165, 1.54) is 20.9 Å². The SMILES string of the molecule is Cc1ccccc1Sc1c2nc(c(-c3ccccc3)c3ccc([nH]3)c(Sc3ccccc3C)c3nc(c(-c4ccccc4)c4ccc1[nH]4)C=C3)C=C2. The Hall–Kier alpha value is -5.82. The van der Waals surface area contributed by atoms with Crippen LogP contribution in [0.4, 0.5) is 0 Å². The highest BCUT2D eigenvalue weighted by Crippen LogP contribution is 2.41. The van der Waals surface area contributed by atoms with Crippen LogP contribution in [0.25, 0.3) is 68.6 Å². The zero-order valence-electron chi connectivity index (χ0n) is 28.7. The third-order valence-corrected chi connectivity index (χ3v) is 12.0. The standard InChI is InChI=1S/C46H34N4S2/c1-29-13-9-11-19-41(29)51-45-37-25-21-33(47-37)43(31-15-5-3-6-16-31)35-23-27-39(49-35)46(52-42-20-12-10-14-30(42)2)40-28-24-36(50-40)44(32-17-7-4-8-18-32)34-22-26-38(45)48-34/h3-28,47,50H,1-2H3. The summed E-state index contributed by atoms with van der Waals surface area (Å²) in [5.41, 5.74) is 14.4. The second kappa shape index (κ2) is 13.7. The minimum atomic E-state index is 0.912. The van der Waals surface area contributed by atoms with Crippen molar-refractivity contribution in [1.29, 1.82) is 0 Å². The maximum Gasteiger partial charge on any atom is 0.0798 e. The van der Waals surface area contributed by atoms with Gasteiger partial charge in [0.15, 0.2) is 0 Å². The molecule has 0 saturated carbocycles. The van der Waals surface area contributed by atoms with E-state index in [1.807, 2.05) is 0 Å². The van der Waals surface area contributed by atoms with Crippen molar-refractivity contribution in [2.45, 2.75) is 33.4 Å². The lowest BCUT2D eigenvalue weighted by molar-refractivity contribution is 1.23. The van der Waals surface area contributed by atoms with Crippen molar-refractivity contribution in [3.05, 3.63) is 167 Å². The second-order valence-corrected chi connectivity index (χ2v) is 15.0. The van der Waals surface area contributed by atoms with Gasteiger partial charge in [0, 0.05) is 32.0 Å². The van der Waals surface area contributed by atoms with Crippen molar-refractivity contribution in [3.63, 3.8) is 0 Å². The molecular weight excluding hydrogens is 673 g/mol. The van der Waals surface area contributed by atoms with Crippen LogP contribution in [0.1, 0.15) is 33.9 Å². The maximum absolute atomic E-state index is 5.39. The van der Waals surface area contributed by atoms with Crippen LogP contribution in [-0.2, 0) is 0 Å². The summed E-state index contributed by atoms with van der Waals surface area (Å²) >= 11 is 3.49. The minimum absolute atomic E-state index is 0.912. The van der Waals surface area contributed by atoms with Gasteiger partial charge in [0.25, 0.3) is 0 Å². The van der Waals surface area contributed by atoms with Crippen LogP contribution in [0.15, 0.2) is 153 Å². The zero-order chi connectivity index (χ0) is 35.0. The van der Waals surface area contributed by atoms with Crippen molar-refractivity contribution in [1.82, 2.24) is 19.9 Å². The third-order valence-electron chi connectivity index (χ3n) is 9.39. The van der Waals surface area contributed by atoms with Gasteiger partial charge in [-0.25, -0.2) is 9.97 Å². The average Bonchev–Trinajstić information content (AvgIpc) is 4.02. The topological polar surface area (TPSA) is 57.4 Å². The van der Waals surface area contributed by atoms with Crippen LogP contribution >= 0.6 is 23.5 Å². The van der Waals surface area contributed by atoms with Gasteiger partial charge in [0.2, 0.25) is 0 Å². The number of aromatic amines is 2. The minimum Gasteiger partial charge on any atom is -0.354 e. The largest absolute Gasteiger partial charge is 0.354 e. The molecule has 7 aromatic rings. The fourth-order valence-electron chi connectivity index (χ4n) is 6.75. The summed E-state index contributed by atoms with van der Waals surface area (Å²) in [7, 11) is 0. The summed E-state index contributed by atoms with van der Waals surface area (Å²) < 4.78 is 0. The number of hydrogen-bond acceptors (Lipinski definition) is 4. The van der Waals surface area contributed by atoms with Gasteiger partial charge in [-0.2, -0.15) is 0 Å². The summed E-state index contributed by atoms with van der Waals surface area (Å²) in [5, 5.41) is 0. The third kappa shape index (κ3) is 6.10. The molecule has 4 aromatic carbocycles. The molecule has 3 aromatic heterocycles. The Labute approximate surface area is 311 Å². The predicted molar refractivity (Wildman–Crippen MR) is 220 cm³/mol. The van der Waals surface area contributed by atoms with Gasteiger partial charge in [0.05, 0.1) is 43.6 Å². The number of fused-ring (bicyclic) bond motifs is 8. The Morgan fingerprint density at radius 3 is 1.17 bits per heavy atom. The Balaban J connectivity index is 1.42. The Morgan fingerprint density at radius 1 is 0.385 bits per heavy atom. The molecule has 8 bridgehead atoms. The molecule has 6 heteroatoms. The molecule has 0 fully saturated rings. The van der Waals surface area contributed by atoms with E-state index >= 15 is 0 Å². The summed E-state index contributed by atoms with van der Waals surface area (Å²) in [5.74, 6) is 0. The van der Waals surface area contributed by atoms with Crippen LogP contribution in [0, 0.1) is 13.8 Å². The molecule has 52 heavy (non-hydrogen) atoms. The first-order chi connectivity index (χ1) is 25.6. The first-order valence-electron chi connectivity index (χ1n) is 17.3. The predicted octanol–water partition coefficient (Wildman–Crippen LogP) is 12.9. The van der Waals surface area contributed by atoms with E-state index in [4.69, 9.17) is 9.97 Å². The summed E-state index contributed by atoms with van der Waals surface area (Å²) in [6.45, 7) is 4.32. The van der Waals surface area contributed by atoms with Crippen LogP contribution in [-0.4, -0.2) is 19.9 Å². The van der Waals surface area contributed by atoms with E-state index in [0.717, 1.165) is 76.9 Å². The molecule has 0 unspecified atom stereocenters. The molecule has 4 nitrogen and oxygen atoms in total. The number of hydrogen-bond donors (Lipinski definition) is 2. The van der Waals surface area contributed by atoms with E-state index in [-0.39, 0.29) is 0 Å². The van der Waals surface area contributed by atoms with Gasteiger partial charge in [-0.1, -0.05) is 121 Å². The van der Waals surface area contributed by atoms with Crippen molar-refractivity contribution in [2.75, 3.05) is 0 Å². The molecule has 2 aliphatic heterocycles. The van der Waals surface area contributed by atoms with Crippen LogP contribution in [0.3, 0.4) is 0 Å². The van der Waals surface area contributed by atoms with Crippen LogP contribution < -0.4 is 0 Å². The Kier molecular flexibility index (Phi) is 8.47. The van der Waals surface area contributed by atoms with Crippen molar-refractivity contribution in [3.8, 4) is 22.3 Å². The van der Waals surface area contributed by atoms with Gasteiger partial charge < -0.3 is 9.97 Å². The molecule has 2 aliphatic rings. The highest BCUT2D eigenvalue weighted by atomic mass is 32.2. The first kappa shape index (κ1) is 32.1. The van der Waals surface area contributed by atoms with Crippen LogP contribution in [0.2, 0.25) is 0 Å². The number of nitrogens with one attached hydrogen (secondary N) is 2. The fourth-order valence-corrected chi connectivity index (χ4v) is 8.83. The van der Waals surface area contributed by atoms with E-state index in [9.17, 15) is 0 Å². The maximum atomic E-state index is 5.39. The quantitative estimate of drug-likeness (QED) is 0.181. The molecule has 5 heterocycles. The van der Waals surface area contributed by atoms with Crippen LogP contribution in [0.5, 0.6) is 0 Å². The number of rotatable bonds is 6. The monoisotopic (exact) mass is 706 g/mol. The molecular formula is C46H34N4S2. The number of aromatic nitrogens is 4. The van der Waals surface area contributed by atoms with E-state index < -0.39 is 0 Å². The molecule has 0 atom stereocenters. The molecule has 2 N–H and O–H groups in total. The fraction of sp³-hybridized carbons (Fsp3) is 0.0435. The van der Waals surface area contributed by atoms with Gasteiger partial charge >= 0.3 is 0 Å². The van der Waals surface area contributed by atoms with Crippen molar-refractivity contribution >= 4 is 69.9 Å². The summed E-state index contributed by atoms with van der Waals surface area (Å²) in [6.07, 6.45) is 8.60. The lowest BCUT2D eigenvalue weighted by Crippen LogP contribution is -1.89. The molecule has 0 radical (unpaired) electrons. The highest BCUT2D eigenvalue weighted by Gasteiger charge is 2.19. The molecule has 250 valence electrons. The molecule has 9 rings (SSSR count). The number of nitrogens with zero attached hydrogens (tertiary/aromatic N) is 2. The summed E-state index contributed by atoms with van der Waals surface area (Å²) in [6, 6.07) is 46.9. The molecule has 0 aliphatic carbocycles. The Bertz CT molecular complexity index is 2520. The Morgan fingerprint density at radius 2 is 0.750 bits per heavy atom. The lowest BCUT2D eigenvalue weighted by Gasteiger charge is -2.08. The van der Waals surface area contributed by atoms with Crippen molar-refractivity contribution in [2.24, 2.45) is 0 Å². The average molecular weight is 707 g/mol. The molecule has 0 saturated heterocycles. The van der Waals surface area contributed by atoms with E-state index in [2.05, 4.69) is 182 Å². The summed E-state index contributed by atoms with van der Waals surface area (Å²) in [4.78, 5) is 23.0. The van der Waals surface area contributed by atoms with Crippen molar-refractivity contribution < 1.29 is 0 Å². The smallest absolute Gasteiger partial charge is 0.0798 e. The van der Waals surface area contributed by atoms with Gasteiger partial charge in [-0.05, 0) is 96.8 Å². The van der Waals surface area contributed by atoms with Gasteiger partial charge in [-0.3, -0.25) is 0 Å². The number of aryl methyl sites for hydroxylation is 2. The normalized spacial score (nSPS) is 12.0. The van der Waals surface area contributed by atoms with E-state index in [1.54, 1.807) is 23.5 Å². The highest BCUT2D eigenvalue weighted by molar-refractivity contribution is 8.00. The zero-order valence-corrected chi connectivity index (χ0v) is 30.4. The first-order valence-corrected chi connectivity index (χ1v) is 19.0. The number of benzene rings is 4. The van der Waals surface area contributed by atoms with E-state index in [0.29, 0.717) is 0 Å². The van der Waals surface area contributed by atoms with Gasteiger partial charge in [0.1, 0.15) is 0 Å². The van der Waals surface area contributed by atoms with Gasteiger partial charge in [-0.15, -0.1) is 0 Å². The molecule has 0 spiro atoms. The second-order valence-electron chi connectivity index (χ2n) is 12.9. The number of H-pyrrole nitrogens is 2.